The van der Waals surface area contributed by atoms with Crippen molar-refractivity contribution >= 4 is 11.9 Å². The molecule has 2 aromatic heterocycles. The highest BCUT2D eigenvalue weighted by Crippen LogP contribution is 2.20. The minimum Gasteiger partial charge on any atom is -0.340 e. The lowest BCUT2D eigenvalue weighted by Gasteiger charge is -2.30. The van der Waals surface area contributed by atoms with E-state index in [4.69, 9.17) is 0 Å². The quantitative estimate of drug-likeness (QED) is 0.705. The number of hydrogen-bond donors (Lipinski definition) is 0. The molecule has 1 atom stereocenters. The zero-order chi connectivity index (χ0) is 19.2. The van der Waals surface area contributed by atoms with Crippen molar-refractivity contribution in [1.82, 2.24) is 14.5 Å². The second kappa shape index (κ2) is 8.61. The molecular weight excluding hydrogens is 350 g/mol. The molecule has 0 aliphatic carbocycles. The number of hydrogen-bond acceptors (Lipinski definition) is 4. The predicted molar refractivity (Wildman–Crippen MR) is 108 cm³/mol. The van der Waals surface area contributed by atoms with E-state index in [0.29, 0.717) is 24.5 Å². The zero-order valence-corrected chi connectivity index (χ0v) is 15.7. The Bertz CT molecular complexity index is 984. The number of aromatic nitrogens is 3. The van der Waals surface area contributed by atoms with Gasteiger partial charge in [0.1, 0.15) is 5.49 Å². The van der Waals surface area contributed by atoms with Gasteiger partial charge in [-0.1, -0.05) is 36.4 Å². The van der Waals surface area contributed by atoms with Crippen LogP contribution in [0.3, 0.4) is 0 Å². The van der Waals surface area contributed by atoms with Gasteiger partial charge in [0, 0.05) is 38.2 Å². The third-order valence-corrected chi connectivity index (χ3v) is 4.94. The average molecular weight is 373 g/mol. The van der Waals surface area contributed by atoms with Crippen LogP contribution < -0.4 is 10.4 Å². The molecule has 1 aliphatic heterocycles. The van der Waals surface area contributed by atoms with Gasteiger partial charge in [-0.15, -0.1) is 0 Å². The molecule has 6 nitrogen and oxygen atoms in total. The highest BCUT2D eigenvalue weighted by atomic mass is 16.1. The lowest BCUT2D eigenvalue weighted by atomic mass is 9.97. The minimum atomic E-state index is -0.136. The molecule has 1 aliphatic rings. The molecule has 0 saturated carbocycles. The van der Waals surface area contributed by atoms with Crippen LogP contribution in [0.15, 0.2) is 78.2 Å². The fourth-order valence-corrected chi connectivity index (χ4v) is 3.50. The van der Waals surface area contributed by atoms with Crippen LogP contribution in [-0.4, -0.2) is 33.5 Å². The van der Waals surface area contributed by atoms with E-state index >= 15 is 0 Å². The first-order valence-corrected chi connectivity index (χ1v) is 9.59. The Morgan fingerprint density at radius 1 is 1.04 bits per heavy atom. The molecule has 1 aromatic carbocycles. The molecule has 0 spiro atoms. The molecule has 0 N–H and O–H groups in total. The van der Waals surface area contributed by atoms with Gasteiger partial charge in [-0.3, -0.25) is 4.79 Å². The van der Waals surface area contributed by atoms with E-state index < -0.39 is 0 Å². The van der Waals surface area contributed by atoms with Crippen LogP contribution in [0, 0.1) is 5.92 Å². The van der Waals surface area contributed by atoms with E-state index in [-0.39, 0.29) is 11.8 Å². The summed E-state index contributed by atoms with van der Waals surface area (Å²) in [7, 11) is 0. The van der Waals surface area contributed by atoms with Gasteiger partial charge in [-0.2, -0.15) is 4.99 Å². The van der Waals surface area contributed by atoms with E-state index in [0.717, 1.165) is 19.4 Å². The Labute approximate surface area is 164 Å². The number of piperidine rings is 1. The first kappa shape index (κ1) is 18.1. The second-order valence-corrected chi connectivity index (χ2v) is 6.96. The summed E-state index contributed by atoms with van der Waals surface area (Å²) in [5.41, 5.74) is 1.86. The topological polar surface area (TPSA) is 63.4 Å². The van der Waals surface area contributed by atoms with Crippen LogP contribution in [0.4, 0.5) is 5.95 Å². The largest absolute Gasteiger partial charge is 0.340 e. The van der Waals surface area contributed by atoms with Crippen molar-refractivity contribution in [2.24, 2.45) is 10.9 Å². The molecule has 0 bridgehead atoms. The van der Waals surface area contributed by atoms with Gasteiger partial charge in [0.15, 0.2) is 0 Å². The second-order valence-electron chi connectivity index (χ2n) is 6.96. The molecule has 142 valence electrons. The standard InChI is InChI=1S/C22H23N5O/c28-21(19-10-6-15-27(17-19)22-23-12-7-13-24-22)25-20-11-4-5-14-26(20)16-18-8-2-1-3-9-18/h1-5,7-9,11-14,19H,6,10,15-17H2. The minimum absolute atomic E-state index is 0.0753. The normalized spacial score (nSPS) is 17.5. The highest BCUT2D eigenvalue weighted by Gasteiger charge is 2.26. The summed E-state index contributed by atoms with van der Waals surface area (Å²) in [5, 5.41) is 0. The van der Waals surface area contributed by atoms with Gasteiger partial charge in [0.25, 0.3) is 5.91 Å². The van der Waals surface area contributed by atoms with Crippen molar-refractivity contribution in [3.63, 3.8) is 0 Å². The number of carbonyl (C=O) groups excluding carboxylic acids is 1. The third kappa shape index (κ3) is 4.34. The van der Waals surface area contributed by atoms with Crippen molar-refractivity contribution < 1.29 is 4.79 Å². The van der Waals surface area contributed by atoms with Gasteiger partial charge in [-0.05, 0) is 36.6 Å². The first-order valence-electron chi connectivity index (χ1n) is 9.59. The van der Waals surface area contributed by atoms with E-state index in [9.17, 15) is 4.79 Å². The molecule has 1 fully saturated rings. The molecule has 3 aromatic rings. The van der Waals surface area contributed by atoms with Gasteiger partial charge < -0.3 is 9.47 Å². The zero-order valence-electron chi connectivity index (χ0n) is 15.7. The molecule has 3 heterocycles. The molecule has 1 unspecified atom stereocenters. The van der Waals surface area contributed by atoms with E-state index in [2.05, 4.69) is 32.0 Å². The molecule has 4 rings (SSSR count). The summed E-state index contributed by atoms with van der Waals surface area (Å²) < 4.78 is 2.01. The predicted octanol–water partition coefficient (Wildman–Crippen LogP) is 2.67. The van der Waals surface area contributed by atoms with Crippen LogP contribution in [0.2, 0.25) is 0 Å². The number of anilines is 1. The van der Waals surface area contributed by atoms with Crippen molar-refractivity contribution in [3.05, 3.63) is 84.2 Å². The Morgan fingerprint density at radius 3 is 2.64 bits per heavy atom. The van der Waals surface area contributed by atoms with E-state index in [1.807, 2.05) is 47.2 Å². The lowest BCUT2D eigenvalue weighted by Crippen LogP contribution is -2.39. The Kier molecular flexibility index (Phi) is 5.56. The Hall–Kier alpha value is -3.28. The summed E-state index contributed by atoms with van der Waals surface area (Å²) in [6.45, 7) is 2.16. The van der Waals surface area contributed by atoms with E-state index in [1.165, 1.54) is 5.56 Å². The maximum Gasteiger partial charge on any atom is 0.252 e. The number of amides is 1. The molecular formula is C22H23N5O. The monoisotopic (exact) mass is 373 g/mol. The fourth-order valence-electron chi connectivity index (χ4n) is 3.50. The highest BCUT2D eigenvalue weighted by molar-refractivity contribution is 5.80. The molecule has 1 amide bonds. The number of pyridine rings is 1. The maximum absolute atomic E-state index is 12.9. The van der Waals surface area contributed by atoms with Crippen molar-refractivity contribution in [1.29, 1.82) is 0 Å². The number of carbonyl (C=O) groups is 1. The molecule has 1 saturated heterocycles. The van der Waals surface area contributed by atoms with Gasteiger partial charge in [0.2, 0.25) is 5.95 Å². The summed E-state index contributed by atoms with van der Waals surface area (Å²) in [4.78, 5) is 28.1. The van der Waals surface area contributed by atoms with Crippen LogP contribution in [0.1, 0.15) is 18.4 Å². The Morgan fingerprint density at radius 2 is 1.82 bits per heavy atom. The average Bonchev–Trinajstić information content (AvgIpc) is 2.76. The fraction of sp³-hybridized carbons (Fsp3) is 0.273. The van der Waals surface area contributed by atoms with Crippen LogP contribution in [0.5, 0.6) is 0 Å². The van der Waals surface area contributed by atoms with Crippen molar-refractivity contribution in [3.8, 4) is 0 Å². The molecule has 6 heteroatoms. The maximum atomic E-state index is 12.9. The first-order chi connectivity index (χ1) is 13.8. The van der Waals surface area contributed by atoms with Gasteiger partial charge in [0.05, 0.1) is 5.92 Å². The molecule has 0 radical (unpaired) electrons. The van der Waals surface area contributed by atoms with E-state index in [1.54, 1.807) is 18.5 Å². The van der Waals surface area contributed by atoms with Crippen LogP contribution >= 0.6 is 0 Å². The van der Waals surface area contributed by atoms with Gasteiger partial charge in [-0.25, -0.2) is 9.97 Å². The van der Waals surface area contributed by atoms with Crippen molar-refractivity contribution in [2.45, 2.75) is 19.4 Å². The Balaban J connectivity index is 1.53. The van der Waals surface area contributed by atoms with Gasteiger partial charge >= 0.3 is 0 Å². The smallest absolute Gasteiger partial charge is 0.252 e. The van der Waals surface area contributed by atoms with Crippen molar-refractivity contribution in [2.75, 3.05) is 18.0 Å². The SMILES string of the molecule is O=C(N=c1ccccn1Cc1ccccc1)C1CCCN(c2ncccn2)C1. The summed E-state index contributed by atoms with van der Waals surface area (Å²) in [5.74, 6) is 0.468. The number of rotatable bonds is 4. The third-order valence-electron chi connectivity index (χ3n) is 4.94. The number of benzene rings is 1. The van der Waals surface area contributed by atoms with Crippen LogP contribution in [-0.2, 0) is 11.3 Å². The molecule has 28 heavy (non-hydrogen) atoms. The number of nitrogens with zero attached hydrogens (tertiary/aromatic N) is 5. The summed E-state index contributed by atoms with van der Waals surface area (Å²) >= 11 is 0. The van der Waals surface area contributed by atoms with Crippen LogP contribution in [0.25, 0.3) is 0 Å². The lowest BCUT2D eigenvalue weighted by molar-refractivity contribution is -0.122. The summed E-state index contributed by atoms with van der Waals surface area (Å²) in [6.07, 6.45) is 7.20. The summed E-state index contributed by atoms with van der Waals surface area (Å²) in [6, 6.07) is 17.7.